The molecular formula is C23H18N2O3. The molecule has 5 heteroatoms. The van der Waals surface area contributed by atoms with Crippen LogP contribution in [0.2, 0.25) is 0 Å². The van der Waals surface area contributed by atoms with Crippen LogP contribution in [-0.2, 0) is 6.61 Å². The summed E-state index contributed by atoms with van der Waals surface area (Å²) in [5.41, 5.74) is 4.37. The van der Waals surface area contributed by atoms with Gasteiger partial charge in [-0.05, 0) is 46.2 Å². The lowest BCUT2D eigenvalue weighted by Crippen LogP contribution is -2.16. The Hall–Kier alpha value is -3.86. The number of furan rings is 1. The van der Waals surface area contributed by atoms with Crippen LogP contribution >= 0.6 is 0 Å². The molecule has 1 aromatic heterocycles. The molecule has 0 aliphatic heterocycles. The van der Waals surface area contributed by atoms with Gasteiger partial charge in [0.2, 0.25) is 0 Å². The minimum Gasteiger partial charge on any atom is -0.489 e. The predicted molar refractivity (Wildman–Crippen MR) is 108 cm³/mol. The molecule has 1 amide bonds. The summed E-state index contributed by atoms with van der Waals surface area (Å²) in [6.07, 6.45) is 3.00. The first-order chi connectivity index (χ1) is 13.8. The van der Waals surface area contributed by atoms with E-state index in [2.05, 4.69) is 34.8 Å². The number of rotatable bonds is 6. The highest BCUT2D eigenvalue weighted by atomic mass is 16.5. The monoisotopic (exact) mass is 370 g/mol. The molecule has 0 fully saturated rings. The van der Waals surface area contributed by atoms with E-state index in [-0.39, 0.29) is 5.76 Å². The first kappa shape index (κ1) is 17.5. The molecule has 0 bridgehead atoms. The average molecular weight is 370 g/mol. The number of amides is 1. The molecule has 28 heavy (non-hydrogen) atoms. The summed E-state index contributed by atoms with van der Waals surface area (Å²) in [5, 5.41) is 6.33. The molecule has 4 aromatic rings. The third kappa shape index (κ3) is 4.10. The van der Waals surface area contributed by atoms with Gasteiger partial charge in [-0.1, -0.05) is 54.6 Å². The second-order valence-electron chi connectivity index (χ2n) is 6.18. The smallest absolute Gasteiger partial charge is 0.307 e. The highest BCUT2D eigenvalue weighted by Crippen LogP contribution is 2.21. The third-order valence-electron chi connectivity index (χ3n) is 4.26. The number of fused-ring (bicyclic) bond motifs is 1. The number of ether oxygens (including phenoxy) is 1. The van der Waals surface area contributed by atoms with E-state index in [4.69, 9.17) is 9.15 Å². The fraction of sp³-hybridized carbons (Fsp3) is 0.0435. The number of hydrogen-bond acceptors (Lipinski definition) is 4. The van der Waals surface area contributed by atoms with Crippen molar-refractivity contribution in [3.63, 3.8) is 0 Å². The van der Waals surface area contributed by atoms with Gasteiger partial charge in [-0.15, -0.1) is 0 Å². The molecule has 1 heterocycles. The van der Waals surface area contributed by atoms with E-state index in [9.17, 15) is 4.79 Å². The van der Waals surface area contributed by atoms with Gasteiger partial charge in [0.25, 0.3) is 0 Å². The molecular weight excluding hydrogens is 352 g/mol. The van der Waals surface area contributed by atoms with Crippen molar-refractivity contribution in [1.29, 1.82) is 0 Å². The van der Waals surface area contributed by atoms with Crippen LogP contribution in [0, 0.1) is 0 Å². The molecule has 3 aromatic carbocycles. The van der Waals surface area contributed by atoms with Crippen LogP contribution in [0.15, 0.2) is 94.6 Å². The zero-order chi connectivity index (χ0) is 19.2. The topological polar surface area (TPSA) is 63.8 Å². The minimum atomic E-state index is -0.399. The normalized spacial score (nSPS) is 11.0. The lowest BCUT2D eigenvalue weighted by Gasteiger charge is -2.09. The van der Waals surface area contributed by atoms with Crippen molar-refractivity contribution in [3.05, 3.63) is 102 Å². The number of hydrogen-bond donors (Lipinski definition) is 1. The van der Waals surface area contributed by atoms with Crippen LogP contribution in [0.25, 0.3) is 10.8 Å². The standard InChI is InChI=1S/C23H18N2O3/c26-23(22-12-5-13-27-22)25-24-15-17-6-3-10-20(14-17)28-16-19-9-4-8-18-7-1-2-11-21(18)19/h1-15H,16H2,(H,25,26)/b24-15-. The van der Waals surface area contributed by atoms with E-state index in [1.807, 2.05) is 42.5 Å². The van der Waals surface area contributed by atoms with Gasteiger partial charge in [0.05, 0.1) is 12.5 Å². The summed E-state index contributed by atoms with van der Waals surface area (Å²) >= 11 is 0. The summed E-state index contributed by atoms with van der Waals surface area (Å²) in [7, 11) is 0. The van der Waals surface area contributed by atoms with Crippen molar-refractivity contribution in [2.45, 2.75) is 6.61 Å². The van der Waals surface area contributed by atoms with Gasteiger partial charge in [0.15, 0.2) is 5.76 Å². The molecule has 0 atom stereocenters. The van der Waals surface area contributed by atoms with Gasteiger partial charge in [0.1, 0.15) is 12.4 Å². The number of carbonyl (C=O) groups is 1. The number of benzene rings is 3. The number of hydrazone groups is 1. The van der Waals surface area contributed by atoms with Crippen molar-refractivity contribution < 1.29 is 13.9 Å². The van der Waals surface area contributed by atoms with E-state index < -0.39 is 5.91 Å². The molecule has 0 radical (unpaired) electrons. The highest BCUT2D eigenvalue weighted by Gasteiger charge is 2.06. The Morgan fingerprint density at radius 3 is 2.75 bits per heavy atom. The Balaban J connectivity index is 1.41. The molecule has 0 spiro atoms. The average Bonchev–Trinajstić information content (AvgIpc) is 3.27. The molecule has 5 nitrogen and oxygen atoms in total. The zero-order valence-corrected chi connectivity index (χ0v) is 15.0. The third-order valence-corrected chi connectivity index (χ3v) is 4.26. The van der Waals surface area contributed by atoms with Gasteiger partial charge in [-0.25, -0.2) is 5.43 Å². The van der Waals surface area contributed by atoms with Crippen LogP contribution in [0.3, 0.4) is 0 Å². The Morgan fingerprint density at radius 1 is 1.00 bits per heavy atom. The van der Waals surface area contributed by atoms with E-state index in [0.29, 0.717) is 6.61 Å². The van der Waals surface area contributed by atoms with E-state index in [1.54, 1.807) is 18.3 Å². The maximum atomic E-state index is 11.8. The Kier molecular flexibility index (Phi) is 5.15. The maximum absolute atomic E-state index is 11.8. The molecule has 1 N–H and O–H groups in total. The molecule has 4 rings (SSSR count). The van der Waals surface area contributed by atoms with Gasteiger partial charge >= 0.3 is 5.91 Å². The van der Waals surface area contributed by atoms with Crippen molar-refractivity contribution >= 4 is 22.9 Å². The Labute approximate surface area is 162 Å². The summed E-state index contributed by atoms with van der Waals surface area (Å²) in [6.45, 7) is 0.469. The lowest BCUT2D eigenvalue weighted by molar-refractivity contribution is 0.0927. The summed E-state index contributed by atoms with van der Waals surface area (Å²) < 4.78 is 11.0. The van der Waals surface area contributed by atoms with Crippen molar-refractivity contribution in [2.24, 2.45) is 5.10 Å². The fourth-order valence-corrected chi connectivity index (χ4v) is 2.89. The zero-order valence-electron chi connectivity index (χ0n) is 15.0. The quantitative estimate of drug-likeness (QED) is 0.393. The van der Waals surface area contributed by atoms with E-state index in [0.717, 1.165) is 16.9 Å². The molecule has 138 valence electrons. The first-order valence-corrected chi connectivity index (χ1v) is 8.86. The SMILES string of the molecule is O=C(N/N=C\c1cccc(OCc2cccc3ccccc23)c1)c1ccco1. The van der Waals surface area contributed by atoms with Gasteiger partial charge in [-0.2, -0.15) is 5.10 Å². The van der Waals surface area contributed by atoms with Crippen LogP contribution in [0.5, 0.6) is 5.75 Å². The Bertz CT molecular complexity index is 1110. The highest BCUT2D eigenvalue weighted by molar-refractivity contribution is 5.92. The van der Waals surface area contributed by atoms with Gasteiger partial charge < -0.3 is 9.15 Å². The molecule has 0 aliphatic rings. The Morgan fingerprint density at radius 2 is 1.86 bits per heavy atom. The molecule has 0 saturated heterocycles. The van der Waals surface area contributed by atoms with E-state index in [1.165, 1.54) is 17.0 Å². The van der Waals surface area contributed by atoms with Gasteiger partial charge in [-0.3, -0.25) is 4.79 Å². The summed E-state index contributed by atoms with van der Waals surface area (Å²) in [4.78, 5) is 11.8. The predicted octanol–water partition coefficient (Wildman–Crippen LogP) is 4.78. The second-order valence-corrected chi connectivity index (χ2v) is 6.18. The largest absolute Gasteiger partial charge is 0.489 e. The van der Waals surface area contributed by atoms with Crippen LogP contribution < -0.4 is 10.2 Å². The number of nitrogens with one attached hydrogen (secondary N) is 1. The van der Waals surface area contributed by atoms with Crippen LogP contribution in [-0.4, -0.2) is 12.1 Å². The fourth-order valence-electron chi connectivity index (χ4n) is 2.89. The van der Waals surface area contributed by atoms with E-state index >= 15 is 0 Å². The van der Waals surface area contributed by atoms with Crippen molar-refractivity contribution in [3.8, 4) is 5.75 Å². The molecule has 0 aliphatic carbocycles. The first-order valence-electron chi connectivity index (χ1n) is 8.86. The summed E-state index contributed by atoms with van der Waals surface area (Å²) in [6, 6.07) is 25.2. The van der Waals surface area contributed by atoms with Crippen molar-refractivity contribution in [2.75, 3.05) is 0 Å². The maximum Gasteiger partial charge on any atom is 0.307 e. The second kappa shape index (κ2) is 8.22. The molecule has 0 saturated carbocycles. The molecule has 0 unspecified atom stereocenters. The number of nitrogens with zero attached hydrogens (tertiary/aromatic N) is 1. The minimum absolute atomic E-state index is 0.212. The van der Waals surface area contributed by atoms with Crippen LogP contribution in [0.1, 0.15) is 21.7 Å². The lowest BCUT2D eigenvalue weighted by atomic mass is 10.1. The van der Waals surface area contributed by atoms with Crippen molar-refractivity contribution in [1.82, 2.24) is 5.43 Å². The number of carbonyl (C=O) groups excluding carboxylic acids is 1. The van der Waals surface area contributed by atoms with Gasteiger partial charge in [0, 0.05) is 0 Å². The summed E-state index contributed by atoms with van der Waals surface area (Å²) in [5.74, 6) is 0.545. The van der Waals surface area contributed by atoms with Crippen LogP contribution in [0.4, 0.5) is 0 Å².